The Labute approximate surface area is 187 Å². The third kappa shape index (κ3) is 4.08. The molecule has 2 aromatic heterocycles. The molecule has 0 bridgehead atoms. The van der Waals surface area contributed by atoms with Gasteiger partial charge >= 0.3 is 5.69 Å². The predicted octanol–water partition coefficient (Wildman–Crippen LogP) is 3.77. The monoisotopic (exact) mass is 432 g/mol. The topological polar surface area (TPSA) is 79.8 Å². The molecule has 0 aliphatic carbocycles. The molecule has 2 heterocycles. The molecule has 32 heavy (non-hydrogen) atoms. The van der Waals surface area contributed by atoms with E-state index in [1.165, 1.54) is 9.36 Å². The van der Waals surface area contributed by atoms with Crippen LogP contribution in [0.1, 0.15) is 42.9 Å². The first kappa shape index (κ1) is 21.5. The van der Waals surface area contributed by atoms with Crippen molar-refractivity contribution in [3.8, 4) is 22.6 Å². The van der Waals surface area contributed by atoms with E-state index < -0.39 is 0 Å². The van der Waals surface area contributed by atoms with E-state index in [2.05, 4.69) is 41.5 Å². The number of nitrogens with zero attached hydrogens (tertiary/aromatic N) is 6. The Morgan fingerprint density at radius 2 is 1.91 bits per heavy atom. The van der Waals surface area contributed by atoms with Crippen LogP contribution in [0.2, 0.25) is 0 Å². The van der Waals surface area contributed by atoms with E-state index in [4.69, 9.17) is 4.74 Å². The summed E-state index contributed by atoms with van der Waals surface area (Å²) < 4.78 is 10.6. The fraction of sp³-hybridized carbons (Fsp3) is 0.333. The Kier molecular flexibility index (Phi) is 5.94. The summed E-state index contributed by atoms with van der Waals surface area (Å²) in [6.45, 7) is 6.68. The SMILES string of the molecule is CCC(C)c1cccc(-n2nnn(C)c2=O)c1COc1ccc(-c2cnn(C)c2)cc1C. The Morgan fingerprint density at radius 3 is 2.53 bits per heavy atom. The van der Waals surface area contributed by atoms with Gasteiger partial charge in [-0.3, -0.25) is 4.68 Å². The largest absolute Gasteiger partial charge is 0.489 e. The Balaban J connectivity index is 1.68. The van der Waals surface area contributed by atoms with Crippen LogP contribution >= 0.6 is 0 Å². The van der Waals surface area contributed by atoms with Crippen molar-refractivity contribution in [2.24, 2.45) is 14.1 Å². The summed E-state index contributed by atoms with van der Waals surface area (Å²) in [5.41, 5.74) is 5.69. The van der Waals surface area contributed by atoms with E-state index >= 15 is 0 Å². The predicted molar refractivity (Wildman–Crippen MR) is 123 cm³/mol. The molecule has 1 unspecified atom stereocenters. The zero-order valence-corrected chi connectivity index (χ0v) is 19.1. The number of tetrazole rings is 1. The summed E-state index contributed by atoms with van der Waals surface area (Å²) in [5.74, 6) is 1.11. The molecule has 8 nitrogen and oxygen atoms in total. The van der Waals surface area contributed by atoms with Gasteiger partial charge in [0.05, 0.1) is 11.9 Å². The molecule has 8 heteroatoms. The Morgan fingerprint density at radius 1 is 1.09 bits per heavy atom. The normalized spacial score (nSPS) is 12.2. The summed E-state index contributed by atoms with van der Waals surface area (Å²) in [6.07, 6.45) is 4.82. The highest BCUT2D eigenvalue weighted by atomic mass is 16.5. The number of rotatable bonds is 7. The molecule has 0 fully saturated rings. The quantitative estimate of drug-likeness (QED) is 0.444. The molecule has 4 rings (SSSR count). The molecule has 166 valence electrons. The molecular formula is C24H28N6O2. The van der Waals surface area contributed by atoms with Crippen LogP contribution < -0.4 is 10.4 Å². The average molecular weight is 433 g/mol. The van der Waals surface area contributed by atoms with Crippen molar-refractivity contribution >= 4 is 0 Å². The highest BCUT2D eigenvalue weighted by molar-refractivity contribution is 5.64. The smallest absolute Gasteiger partial charge is 0.368 e. The maximum absolute atomic E-state index is 12.5. The lowest BCUT2D eigenvalue weighted by Crippen LogP contribution is -2.23. The molecular weight excluding hydrogens is 404 g/mol. The van der Waals surface area contributed by atoms with Gasteiger partial charge in [0, 0.05) is 31.4 Å². The first-order chi connectivity index (χ1) is 15.4. The second-order valence-electron chi connectivity index (χ2n) is 8.12. The Bertz CT molecular complexity index is 1300. The molecule has 0 radical (unpaired) electrons. The van der Waals surface area contributed by atoms with Gasteiger partial charge in [0.1, 0.15) is 12.4 Å². The zero-order chi connectivity index (χ0) is 22.8. The van der Waals surface area contributed by atoms with Crippen molar-refractivity contribution in [2.45, 2.75) is 39.7 Å². The van der Waals surface area contributed by atoms with Crippen LogP contribution in [-0.4, -0.2) is 29.6 Å². The van der Waals surface area contributed by atoms with Crippen molar-refractivity contribution in [3.63, 3.8) is 0 Å². The van der Waals surface area contributed by atoms with Gasteiger partial charge in [0.15, 0.2) is 0 Å². The fourth-order valence-corrected chi connectivity index (χ4v) is 3.81. The lowest BCUT2D eigenvalue weighted by atomic mass is 9.93. The minimum absolute atomic E-state index is 0.287. The number of aryl methyl sites for hydroxylation is 3. The Hall–Kier alpha value is -3.68. The number of aromatic nitrogens is 6. The summed E-state index contributed by atoms with van der Waals surface area (Å²) in [6, 6.07) is 12.1. The third-order valence-corrected chi connectivity index (χ3v) is 5.87. The molecule has 2 aromatic carbocycles. The van der Waals surface area contributed by atoms with E-state index in [1.54, 1.807) is 11.7 Å². The second kappa shape index (κ2) is 8.82. The standard InChI is InChI=1S/C24H28N6O2/c1-6-16(2)20-8-7-9-22(30-24(31)29(5)26-27-30)21(20)15-32-23-11-10-18(12-17(23)3)19-13-25-28(4)14-19/h7-14,16H,6,15H2,1-5H3. The molecule has 0 amide bonds. The van der Waals surface area contributed by atoms with Gasteiger partial charge in [-0.2, -0.15) is 14.5 Å². The van der Waals surface area contributed by atoms with Crippen LogP contribution in [0.3, 0.4) is 0 Å². The first-order valence-corrected chi connectivity index (χ1v) is 10.7. The van der Waals surface area contributed by atoms with Crippen molar-refractivity contribution in [1.29, 1.82) is 0 Å². The van der Waals surface area contributed by atoms with Gasteiger partial charge in [-0.15, -0.1) is 0 Å². The summed E-state index contributed by atoms with van der Waals surface area (Å²) >= 11 is 0. The van der Waals surface area contributed by atoms with Crippen molar-refractivity contribution < 1.29 is 4.74 Å². The highest BCUT2D eigenvalue weighted by Gasteiger charge is 2.18. The lowest BCUT2D eigenvalue weighted by Gasteiger charge is -2.19. The minimum Gasteiger partial charge on any atom is -0.489 e. The number of hydrogen-bond acceptors (Lipinski definition) is 5. The van der Waals surface area contributed by atoms with E-state index in [0.29, 0.717) is 18.2 Å². The van der Waals surface area contributed by atoms with Gasteiger partial charge in [-0.25, -0.2) is 4.79 Å². The van der Waals surface area contributed by atoms with Crippen LogP contribution in [0, 0.1) is 6.92 Å². The van der Waals surface area contributed by atoms with E-state index in [1.807, 2.05) is 50.6 Å². The minimum atomic E-state index is -0.287. The number of hydrogen-bond donors (Lipinski definition) is 0. The number of ether oxygens (including phenoxy) is 1. The van der Waals surface area contributed by atoms with Gasteiger partial charge in [0.2, 0.25) is 0 Å². The van der Waals surface area contributed by atoms with E-state index in [9.17, 15) is 4.79 Å². The van der Waals surface area contributed by atoms with Gasteiger partial charge in [-0.1, -0.05) is 32.0 Å². The van der Waals surface area contributed by atoms with Gasteiger partial charge < -0.3 is 4.74 Å². The van der Waals surface area contributed by atoms with Crippen molar-refractivity contribution in [2.75, 3.05) is 0 Å². The zero-order valence-electron chi connectivity index (χ0n) is 19.1. The molecule has 0 spiro atoms. The van der Waals surface area contributed by atoms with Gasteiger partial charge in [-0.05, 0) is 64.6 Å². The average Bonchev–Trinajstić information content (AvgIpc) is 3.37. The van der Waals surface area contributed by atoms with Crippen LogP contribution in [0.4, 0.5) is 0 Å². The molecule has 0 aliphatic heterocycles. The van der Waals surface area contributed by atoms with Crippen LogP contribution in [0.5, 0.6) is 5.75 Å². The summed E-state index contributed by atoms with van der Waals surface area (Å²) in [7, 11) is 3.50. The third-order valence-electron chi connectivity index (χ3n) is 5.87. The second-order valence-corrected chi connectivity index (χ2v) is 8.12. The van der Waals surface area contributed by atoms with Crippen molar-refractivity contribution in [1.82, 2.24) is 29.6 Å². The molecule has 0 N–H and O–H groups in total. The molecule has 4 aromatic rings. The van der Waals surface area contributed by atoms with Crippen LogP contribution in [0.25, 0.3) is 16.8 Å². The summed E-state index contributed by atoms with van der Waals surface area (Å²) in [4.78, 5) is 12.5. The maximum atomic E-state index is 12.5. The van der Waals surface area contributed by atoms with Gasteiger partial charge in [0.25, 0.3) is 0 Å². The van der Waals surface area contributed by atoms with Crippen LogP contribution in [-0.2, 0) is 20.7 Å². The lowest BCUT2D eigenvalue weighted by molar-refractivity contribution is 0.301. The molecule has 0 saturated carbocycles. The molecule has 0 saturated heterocycles. The molecule has 1 atom stereocenters. The fourth-order valence-electron chi connectivity index (χ4n) is 3.81. The number of benzene rings is 2. The van der Waals surface area contributed by atoms with Crippen molar-refractivity contribution in [3.05, 3.63) is 76.0 Å². The first-order valence-electron chi connectivity index (χ1n) is 10.7. The highest BCUT2D eigenvalue weighted by Crippen LogP contribution is 2.30. The van der Waals surface area contributed by atoms with E-state index in [-0.39, 0.29) is 5.69 Å². The molecule has 0 aliphatic rings. The van der Waals surface area contributed by atoms with Crippen LogP contribution in [0.15, 0.2) is 53.6 Å². The maximum Gasteiger partial charge on any atom is 0.368 e. The van der Waals surface area contributed by atoms with E-state index in [0.717, 1.165) is 40.0 Å². The summed E-state index contributed by atoms with van der Waals surface area (Å²) in [5, 5.41) is 12.2.